The maximum atomic E-state index is 10.8. The number of carboxylic acids is 1. The Bertz CT molecular complexity index is 546. The zero-order valence-corrected chi connectivity index (χ0v) is 11.9. The average Bonchev–Trinajstić information content (AvgIpc) is 2.64. The topological polar surface area (TPSA) is 42.2 Å². The van der Waals surface area contributed by atoms with Crippen LogP contribution in [0.5, 0.6) is 0 Å². The first kappa shape index (κ1) is 12.4. The summed E-state index contributed by atoms with van der Waals surface area (Å²) in [4.78, 5) is 10.8. The van der Waals surface area contributed by atoms with Crippen LogP contribution in [0.15, 0.2) is 45.6 Å². The molecule has 0 saturated carbocycles. The highest BCUT2D eigenvalue weighted by atomic mass is 79.9. The lowest BCUT2D eigenvalue weighted by Crippen LogP contribution is -1.99. The minimum absolute atomic E-state index is 0.286. The molecule has 0 bridgehead atoms. The molecule has 0 amide bonds. The van der Waals surface area contributed by atoms with Crippen molar-refractivity contribution in [3.8, 4) is 0 Å². The molecule has 0 spiro atoms. The molecule has 0 fully saturated rings. The van der Waals surface area contributed by atoms with Gasteiger partial charge in [0.15, 0.2) is 0 Å². The molecule has 0 aliphatic carbocycles. The van der Waals surface area contributed by atoms with Crippen molar-refractivity contribution in [2.24, 2.45) is 0 Å². The number of hydrogen-bond acceptors (Lipinski definition) is 1. The second-order valence-corrected chi connectivity index (χ2v) is 5.34. The number of rotatable bonds is 3. The van der Waals surface area contributed by atoms with Gasteiger partial charge in [-0.1, -0.05) is 28.1 Å². The van der Waals surface area contributed by atoms with Crippen molar-refractivity contribution in [1.29, 1.82) is 0 Å². The van der Waals surface area contributed by atoms with Gasteiger partial charge in [0.2, 0.25) is 0 Å². The minimum atomic E-state index is -0.916. The van der Waals surface area contributed by atoms with Crippen molar-refractivity contribution >= 4 is 37.8 Å². The summed E-state index contributed by atoms with van der Waals surface area (Å²) in [6.07, 6.45) is 1.62. The van der Waals surface area contributed by atoms with Crippen LogP contribution in [0.4, 0.5) is 0 Å². The molecule has 0 radical (unpaired) electrons. The van der Waals surface area contributed by atoms with Crippen LogP contribution in [-0.4, -0.2) is 15.6 Å². The maximum absolute atomic E-state index is 10.8. The summed E-state index contributed by atoms with van der Waals surface area (Å²) in [6.45, 7) is 0.640. The Labute approximate surface area is 115 Å². The highest BCUT2D eigenvalue weighted by Gasteiger charge is 2.09. The summed E-state index contributed by atoms with van der Waals surface area (Å²) in [5.41, 5.74) is 1.40. The molecular weight excluding hydrogens is 350 g/mol. The van der Waals surface area contributed by atoms with E-state index in [0.717, 1.165) is 14.6 Å². The van der Waals surface area contributed by atoms with E-state index in [-0.39, 0.29) is 5.56 Å². The van der Waals surface area contributed by atoms with Gasteiger partial charge in [0.05, 0.1) is 10.2 Å². The van der Waals surface area contributed by atoms with Gasteiger partial charge in [-0.2, -0.15) is 0 Å². The normalized spacial score (nSPS) is 10.5. The Balaban J connectivity index is 2.24. The standard InChI is InChI=1S/C12H9Br2NO2/c13-10-3-1-8(2-4-10)6-15-7-9(12(16)17)5-11(15)14/h1-5,7H,6H2,(H,16,17). The van der Waals surface area contributed by atoms with Crippen LogP contribution in [0.2, 0.25) is 0 Å². The molecule has 0 atom stereocenters. The van der Waals surface area contributed by atoms with Gasteiger partial charge in [0, 0.05) is 17.2 Å². The van der Waals surface area contributed by atoms with Crippen molar-refractivity contribution in [3.05, 3.63) is 56.7 Å². The van der Waals surface area contributed by atoms with E-state index in [4.69, 9.17) is 5.11 Å². The fourth-order valence-corrected chi connectivity index (χ4v) is 2.24. The summed E-state index contributed by atoms with van der Waals surface area (Å²) >= 11 is 6.72. The Morgan fingerprint density at radius 1 is 1.24 bits per heavy atom. The number of halogens is 2. The van der Waals surface area contributed by atoms with Gasteiger partial charge >= 0.3 is 5.97 Å². The number of hydrogen-bond donors (Lipinski definition) is 1. The van der Waals surface area contributed by atoms with Gasteiger partial charge in [-0.25, -0.2) is 4.79 Å². The molecule has 3 nitrogen and oxygen atoms in total. The van der Waals surface area contributed by atoms with Crippen LogP contribution >= 0.6 is 31.9 Å². The first-order valence-electron chi connectivity index (χ1n) is 4.89. The van der Waals surface area contributed by atoms with Crippen molar-refractivity contribution in [2.75, 3.05) is 0 Å². The molecule has 17 heavy (non-hydrogen) atoms. The van der Waals surface area contributed by atoms with Gasteiger partial charge in [-0.05, 0) is 39.7 Å². The number of benzene rings is 1. The molecule has 0 aliphatic rings. The van der Waals surface area contributed by atoms with E-state index in [1.54, 1.807) is 12.3 Å². The van der Waals surface area contributed by atoms with Crippen LogP contribution in [0, 0.1) is 0 Å². The summed E-state index contributed by atoms with van der Waals surface area (Å²) in [6, 6.07) is 9.52. The molecule has 0 unspecified atom stereocenters. The zero-order chi connectivity index (χ0) is 12.4. The van der Waals surface area contributed by atoms with Gasteiger partial charge in [0.1, 0.15) is 0 Å². The zero-order valence-electron chi connectivity index (χ0n) is 8.73. The maximum Gasteiger partial charge on any atom is 0.337 e. The molecule has 0 aliphatic heterocycles. The quantitative estimate of drug-likeness (QED) is 0.907. The highest BCUT2D eigenvalue weighted by molar-refractivity contribution is 9.10. The monoisotopic (exact) mass is 357 g/mol. The third-order valence-corrected chi connectivity index (χ3v) is 3.57. The van der Waals surface area contributed by atoms with Gasteiger partial charge in [0.25, 0.3) is 0 Å². The molecule has 2 rings (SSSR count). The number of carbonyl (C=O) groups is 1. The van der Waals surface area contributed by atoms with Crippen LogP contribution in [0.25, 0.3) is 0 Å². The summed E-state index contributed by atoms with van der Waals surface area (Å²) < 4.78 is 3.64. The van der Waals surface area contributed by atoms with Gasteiger partial charge in [-0.15, -0.1) is 0 Å². The van der Waals surface area contributed by atoms with Crippen LogP contribution in [0.1, 0.15) is 15.9 Å². The fourth-order valence-electron chi connectivity index (χ4n) is 1.50. The number of aromatic nitrogens is 1. The van der Waals surface area contributed by atoms with Crippen molar-refractivity contribution in [2.45, 2.75) is 6.54 Å². The van der Waals surface area contributed by atoms with Crippen LogP contribution in [-0.2, 0) is 6.54 Å². The minimum Gasteiger partial charge on any atom is -0.478 e. The first-order valence-corrected chi connectivity index (χ1v) is 6.48. The molecule has 1 aromatic carbocycles. The lowest BCUT2D eigenvalue weighted by atomic mass is 10.2. The highest BCUT2D eigenvalue weighted by Crippen LogP contribution is 2.18. The molecule has 1 N–H and O–H groups in total. The summed E-state index contributed by atoms with van der Waals surface area (Å²) in [5.74, 6) is -0.916. The Hall–Kier alpha value is -1.07. The van der Waals surface area contributed by atoms with Gasteiger partial charge < -0.3 is 9.67 Å². The predicted octanol–water partition coefficient (Wildman–Crippen LogP) is 3.76. The molecule has 5 heteroatoms. The second kappa shape index (κ2) is 5.06. The Kier molecular flexibility index (Phi) is 3.69. The predicted molar refractivity (Wildman–Crippen MR) is 72.3 cm³/mol. The first-order chi connectivity index (χ1) is 8.06. The van der Waals surface area contributed by atoms with Crippen LogP contribution in [0.3, 0.4) is 0 Å². The van der Waals surface area contributed by atoms with E-state index in [1.807, 2.05) is 28.8 Å². The number of nitrogens with zero attached hydrogens (tertiary/aromatic N) is 1. The Morgan fingerprint density at radius 3 is 2.41 bits per heavy atom. The third kappa shape index (κ3) is 2.98. The van der Waals surface area contributed by atoms with Crippen molar-refractivity contribution in [3.63, 3.8) is 0 Å². The van der Waals surface area contributed by atoms with E-state index in [2.05, 4.69) is 31.9 Å². The molecule has 1 aromatic heterocycles. The lowest BCUT2D eigenvalue weighted by Gasteiger charge is -2.05. The molecule has 2 aromatic rings. The van der Waals surface area contributed by atoms with E-state index in [9.17, 15) is 4.79 Å². The summed E-state index contributed by atoms with van der Waals surface area (Å²) in [7, 11) is 0. The second-order valence-electron chi connectivity index (χ2n) is 3.61. The molecular formula is C12H9Br2NO2. The third-order valence-electron chi connectivity index (χ3n) is 2.36. The smallest absolute Gasteiger partial charge is 0.337 e. The van der Waals surface area contributed by atoms with Gasteiger partial charge in [-0.3, -0.25) is 0 Å². The van der Waals surface area contributed by atoms with E-state index < -0.39 is 5.97 Å². The van der Waals surface area contributed by atoms with Crippen molar-refractivity contribution in [1.82, 2.24) is 4.57 Å². The Morgan fingerprint density at radius 2 is 1.88 bits per heavy atom. The molecule has 0 saturated heterocycles. The SMILES string of the molecule is O=C(O)c1cc(Br)n(Cc2ccc(Br)cc2)c1. The average molecular weight is 359 g/mol. The van der Waals surface area contributed by atoms with E-state index in [1.165, 1.54) is 0 Å². The molecule has 1 heterocycles. The molecule has 88 valence electrons. The largest absolute Gasteiger partial charge is 0.478 e. The number of aromatic carboxylic acids is 1. The number of carboxylic acid groups (broad SMARTS) is 1. The fraction of sp³-hybridized carbons (Fsp3) is 0.0833. The van der Waals surface area contributed by atoms with Crippen LogP contribution < -0.4 is 0 Å². The van der Waals surface area contributed by atoms with Crippen molar-refractivity contribution < 1.29 is 9.90 Å². The van der Waals surface area contributed by atoms with E-state index >= 15 is 0 Å². The summed E-state index contributed by atoms with van der Waals surface area (Å²) in [5, 5.41) is 8.88. The van der Waals surface area contributed by atoms with E-state index in [0.29, 0.717) is 6.54 Å². The lowest BCUT2D eigenvalue weighted by molar-refractivity contribution is 0.0697.